The van der Waals surface area contributed by atoms with E-state index in [4.69, 9.17) is 0 Å². The van der Waals surface area contributed by atoms with Gasteiger partial charge in [0.1, 0.15) is 18.5 Å². The summed E-state index contributed by atoms with van der Waals surface area (Å²) in [7, 11) is 1.57. The van der Waals surface area contributed by atoms with Gasteiger partial charge in [-0.3, -0.25) is 14.4 Å². The second-order valence-corrected chi connectivity index (χ2v) is 9.32. The van der Waals surface area contributed by atoms with Gasteiger partial charge in [-0.2, -0.15) is 4.98 Å². The molecule has 1 unspecified atom stereocenters. The minimum atomic E-state index is -0.383. The van der Waals surface area contributed by atoms with E-state index in [1.165, 1.54) is 4.90 Å². The van der Waals surface area contributed by atoms with E-state index in [1.807, 2.05) is 0 Å². The van der Waals surface area contributed by atoms with E-state index < -0.39 is 0 Å². The molecule has 0 saturated carbocycles. The maximum absolute atomic E-state index is 12.3. The Morgan fingerprint density at radius 2 is 2.15 bits per heavy atom. The molecule has 1 aromatic heterocycles. The van der Waals surface area contributed by atoms with Gasteiger partial charge in [-0.05, 0) is 34.1 Å². The number of hydrogen-bond acceptors (Lipinski definition) is 9. The summed E-state index contributed by atoms with van der Waals surface area (Å²) in [6.07, 6.45) is 1.40. The van der Waals surface area contributed by atoms with Gasteiger partial charge in [-0.25, -0.2) is 14.7 Å². The van der Waals surface area contributed by atoms with Gasteiger partial charge in [0.25, 0.3) is 11.1 Å². The summed E-state index contributed by atoms with van der Waals surface area (Å²) in [6.45, 7) is 0.352. The fourth-order valence-electron chi connectivity index (χ4n) is 3.30. The van der Waals surface area contributed by atoms with Crippen LogP contribution in [0.2, 0.25) is 0 Å². The molecule has 2 saturated heterocycles. The Labute approximate surface area is 207 Å². The average Bonchev–Trinajstić information content (AvgIpc) is 3.31. The van der Waals surface area contributed by atoms with Crippen LogP contribution in [0.1, 0.15) is 6.42 Å². The summed E-state index contributed by atoms with van der Waals surface area (Å²) in [5, 5.41) is 11.4. The average molecular weight is 549 g/mol. The molecule has 1 atom stereocenters. The van der Waals surface area contributed by atoms with E-state index >= 15 is 0 Å². The second-order valence-electron chi connectivity index (χ2n) is 7.47. The normalized spacial score (nSPS) is 17.7. The predicted octanol–water partition coefficient (Wildman–Crippen LogP) is 2.08. The molecule has 0 aliphatic carbocycles. The van der Waals surface area contributed by atoms with Crippen molar-refractivity contribution in [2.24, 2.45) is 0 Å². The number of nitrogens with zero attached hydrogens (tertiary/aromatic N) is 4. The van der Waals surface area contributed by atoms with Crippen LogP contribution >= 0.6 is 27.7 Å². The summed E-state index contributed by atoms with van der Waals surface area (Å²) in [4.78, 5) is 58.8. The highest BCUT2D eigenvalue weighted by molar-refractivity contribution is 9.10. The highest BCUT2D eigenvalue weighted by atomic mass is 79.9. The lowest BCUT2D eigenvalue weighted by atomic mass is 10.2. The highest BCUT2D eigenvalue weighted by Gasteiger charge is 2.34. The predicted molar refractivity (Wildman–Crippen MR) is 131 cm³/mol. The molecule has 5 amide bonds. The molecule has 0 bridgehead atoms. The van der Waals surface area contributed by atoms with Crippen molar-refractivity contribution < 1.29 is 19.2 Å². The van der Waals surface area contributed by atoms with Crippen molar-refractivity contribution in [3.63, 3.8) is 0 Å². The molecule has 14 heteroatoms. The number of benzene rings is 1. The summed E-state index contributed by atoms with van der Waals surface area (Å²) < 4.78 is 0.614. The third-order valence-corrected chi connectivity index (χ3v) is 6.36. The lowest BCUT2D eigenvalue weighted by molar-refractivity contribution is -0.121. The standard InChI is InChI=1S/C20H21BrN8O4S/c1-28-9-16(31)29(20(28)33)12-4-2-3-11(7-12)24-18-23-8-13(21)17(27-18)22-6-5-15(30)25-14-10-34-19(32)26-14/h2-4,7-8,14H,5-6,9-10H2,1H3,(H,25,30)(H,26,32)(H2,22,23,24,27). The van der Waals surface area contributed by atoms with Crippen LogP contribution in [0.15, 0.2) is 34.9 Å². The lowest BCUT2D eigenvalue weighted by Crippen LogP contribution is -2.44. The number of aromatic nitrogens is 2. The van der Waals surface area contributed by atoms with Gasteiger partial charge in [0.05, 0.1) is 10.2 Å². The van der Waals surface area contributed by atoms with Crippen molar-refractivity contribution in [3.8, 4) is 0 Å². The number of urea groups is 1. The van der Waals surface area contributed by atoms with Crippen LogP contribution in [0.4, 0.5) is 32.7 Å². The van der Waals surface area contributed by atoms with Crippen LogP contribution in [-0.4, -0.2) is 70.0 Å². The number of thioether (sulfide) groups is 1. The Morgan fingerprint density at radius 3 is 2.85 bits per heavy atom. The van der Waals surface area contributed by atoms with E-state index in [2.05, 4.69) is 47.2 Å². The molecule has 12 nitrogen and oxygen atoms in total. The Morgan fingerprint density at radius 1 is 1.32 bits per heavy atom. The molecule has 4 rings (SSSR count). The van der Waals surface area contributed by atoms with Crippen molar-refractivity contribution in [2.75, 3.05) is 41.4 Å². The zero-order chi connectivity index (χ0) is 24.2. The van der Waals surface area contributed by atoms with Gasteiger partial charge in [0.15, 0.2) is 0 Å². The largest absolute Gasteiger partial charge is 0.368 e. The van der Waals surface area contributed by atoms with E-state index in [0.29, 0.717) is 34.0 Å². The first-order valence-corrected chi connectivity index (χ1v) is 12.0. The first-order valence-electron chi connectivity index (χ1n) is 10.2. The summed E-state index contributed by atoms with van der Waals surface area (Å²) in [5.74, 6) is 0.779. The number of halogens is 1. The van der Waals surface area contributed by atoms with E-state index in [0.717, 1.165) is 16.7 Å². The van der Waals surface area contributed by atoms with Gasteiger partial charge in [-0.15, -0.1) is 0 Å². The van der Waals surface area contributed by atoms with Crippen LogP contribution in [0.3, 0.4) is 0 Å². The van der Waals surface area contributed by atoms with E-state index in [-0.39, 0.29) is 48.2 Å². The Hall–Kier alpha value is -3.39. The van der Waals surface area contributed by atoms with Crippen molar-refractivity contribution in [2.45, 2.75) is 12.6 Å². The first-order chi connectivity index (χ1) is 16.3. The Kier molecular flexibility index (Phi) is 7.17. The fourth-order valence-corrected chi connectivity index (χ4v) is 4.34. The number of anilines is 4. The van der Waals surface area contributed by atoms with Crippen molar-refractivity contribution in [3.05, 3.63) is 34.9 Å². The molecule has 1 aromatic carbocycles. The minimum absolute atomic E-state index is 0.0353. The zero-order valence-corrected chi connectivity index (χ0v) is 20.4. The van der Waals surface area contributed by atoms with Gasteiger partial charge < -0.3 is 26.2 Å². The number of hydrogen-bond donors (Lipinski definition) is 4. The van der Waals surface area contributed by atoms with Crippen LogP contribution in [0.5, 0.6) is 0 Å². The smallest absolute Gasteiger partial charge is 0.331 e. The molecule has 0 spiro atoms. The molecule has 2 aromatic rings. The Bertz CT molecular complexity index is 1150. The van der Waals surface area contributed by atoms with Crippen molar-refractivity contribution in [1.82, 2.24) is 25.5 Å². The minimum Gasteiger partial charge on any atom is -0.368 e. The molecule has 4 N–H and O–H groups in total. The third-order valence-electron chi connectivity index (χ3n) is 4.90. The van der Waals surface area contributed by atoms with Crippen LogP contribution in [0, 0.1) is 0 Å². The molecule has 2 aliphatic rings. The molecular formula is C20H21BrN8O4S. The highest BCUT2D eigenvalue weighted by Crippen LogP contribution is 2.26. The molecular weight excluding hydrogens is 528 g/mol. The van der Waals surface area contributed by atoms with Gasteiger partial charge in [0.2, 0.25) is 11.9 Å². The number of likely N-dealkylation sites (N-methyl/N-ethyl adjacent to an activating group) is 1. The van der Waals surface area contributed by atoms with Crippen molar-refractivity contribution in [1.29, 1.82) is 0 Å². The summed E-state index contributed by atoms with van der Waals surface area (Å²) in [6, 6.07) is 6.44. The van der Waals surface area contributed by atoms with E-state index in [9.17, 15) is 19.2 Å². The number of carbonyl (C=O) groups is 4. The number of imide groups is 1. The van der Waals surface area contributed by atoms with Crippen LogP contribution in [0.25, 0.3) is 0 Å². The zero-order valence-electron chi connectivity index (χ0n) is 18.0. The molecule has 0 radical (unpaired) electrons. The van der Waals surface area contributed by atoms with Gasteiger partial charge in [-0.1, -0.05) is 17.8 Å². The number of carbonyl (C=O) groups excluding carboxylic acids is 4. The second kappa shape index (κ2) is 10.3. The topological polar surface area (TPSA) is 149 Å². The molecule has 2 aliphatic heterocycles. The number of rotatable bonds is 8. The monoisotopic (exact) mass is 548 g/mol. The Balaban J connectivity index is 1.36. The first kappa shape index (κ1) is 23.8. The van der Waals surface area contributed by atoms with Crippen LogP contribution in [-0.2, 0) is 9.59 Å². The summed E-state index contributed by atoms with van der Waals surface area (Å²) >= 11 is 4.52. The summed E-state index contributed by atoms with van der Waals surface area (Å²) in [5.41, 5.74) is 1.04. The molecule has 34 heavy (non-hydrogen) atoms. The van der Waals surface area contributed by atoms with E-state index in [1.54, 1.807) is 37.5 Å². The fraction of sp³-hybridized carbons (Fsp3) is 0.300. The van der Waals surface area contributed by atoms with Gasteiger partial charge in [0, 0.05) is 37.7 Å². The third kappa shape index (κ3) is 5.56. The van der Waals surface area contributed by atoms with Gasteiger partial charge >= 0.3 is 6.03 Å². The SMILES string of the molecule is CN1CC(=O)N(c2cccc(Nc3ncc(Br)c(NCCC(=O)NC4CSC(=O)N4)n3)c2)C1=O. The molecule has 3 heterocycles. The lowest BCUT2D eigenvalue weighted by Gasteiger charge is -2.16. The number of amides is 5. The van der Waals surface area contributed by atoms with Crippen molar-refractivity contribution >= 4 is 73.9 Å². The maximum Gasteiger partial charge on any atom is 0.331 e. The molecule has 2 fully saturated rings. The maximum atomic E-state index is 12.3. The number of nitrogens with one attached hydrogen (secondary N) is 4. The van der Waals surface area contributed by atoms with Crippen LogP contribution < -0.4 is 26.2 Å². The quantitative estimate of drug-likeness (QED) is 0.363. The molecule has 178 valence electrons.